The van der Waals surface area contributed by atoms with Gasteiger partial charge in [0.2, 0.25) is 0 Å². The summed E-state index contributed by atoms with van der Waals surface area (Å²) in [6.45, 7) is 7.83. The van der Waals surface area contributed by atoms with Gasteiger partial charge in [-0.15, -0.1) is 0 Å². The maximum Gasteiger partial charge on any atom is 0.250 e. The Balaban J connectivity index is 1.18. The number of aryl methyl sites for hydroxylation is 2. The van der Waals surface area contributed by atoms with E-state index in [-0.39, 0.29) is 11.8 Å². The van der Waals surface area contributed by atoms with Crippen LogP contribution in [-0.4, -0.2) is 73.6 Å². The number of rotatable bonds is 8. The topological polar surface area (TPSA) is 92.8 Å². The Morgan fingerprint density at radius 3 is 2.75 bits per heavy atom. The van der Waals surface area contributed by atoms with Gasteiger partial charge in [0.1, 0.15) is 23.3 Å². The van der Waals surface area contributed by atoms with Crippen LogP contribution in [-0.2, 0) is 11.8 Å². The van der Waals surface area contributed by atoms with Crippen LogP contribution in [0.15, 0.2) is 73.5 Å². The highest BCUT2D eigenvalue weighted by atomic mass is 16.5. The van der Waals surface area contributed by atoms with E-state index in [9.17, 15) is 4.79 Å². The van der Waals surface area contributed by atoms with Crippen LogP contribution in [0, 0.1) is 6.92 Å². The molecule has 1 saturated heterocycles. The van der Waals surface area contributed by atoms with Gasteiger partial charge in [0.25, 0.3) is 5.91 Å². The monoisotopic (exact) mass is 536 g/mol. The molecule has 1 N–H and O–H groups in total. The maximum atomic E-state index is 12.7. The molecule has 0 unspecified atom stereocenters. The van der Waals surface area contributed by atoms with Crippen molar-refractivity contribution in [3.05, 3.63) is 84.6 Å². The lowest BCUT2D eigenvalue weighted by Crippen LogP contribution is -2.49. The zero-order chi connectivity index (χ0) is 28.0. The summed E-state index contributed by atoms with van der Waals surface area (Å²) in [5, 5.41) is 7.87. The second kappa shape index (κ2) is 10.1. The summed E-state index contributed by atoms with van der Waals surface area (Å²) in [5.74, 6) is 2.45. The molecule has 3 aromatic heterocycles. The molecule has 1 fully saturated rings. The molecule has 0 aliphatic carbocycles. The van der Waals surface area contributed by atoms with Crippen molar-refractivity contribution in [1.82, 2.24) is 33.9 Å². The summed E-state index contributed by atoms with van der Waals surface area (Å²) in [5.41, 5.74) is 6.46. The molecule has 1 amide bonds. The first kappa shape index (κ1) is 25.6. The van der Waals surface area contributed by atoms with Crippen LogP contribution in [0.5, 0.6) is 11.5 Å². The Labute approximate surface area is 232 Å². The molecule has 5 aromatic rings. The highest BCUT2D eigenvalue weighted by Crippen LogP contribution is 2.35. The van der Waals surface area contributed by atoms with Crippen molar-refractivity contribution in [3.63, 3.8) is 0 Å². The van der Waals surface area contributed by atoms with Gasteiger partial charge in [-0.25, -0.2) is 14.5 Å². The number of benzene rings is 2. The molecule has 6 rings (SSSR count). The van der Waals surface area contributed by atoms with E-state index in [2.05, 4.69) is 33.0 Å². The minimum atomic E-state index is 0.0146. The van der Waals surface area contributed by atoms with Gasteiger partial charge in [-0.05, 0) is 68.5 Å². The maximum absolute atomic E-state index is 12.7. The number of imidazole rings is 1. The number of likely N-dealkylation sites (N-methyl/N-ethyl adjacent to an activating group) is 1. The summed E-state index contributed by atoms with van der Waals surface area (Å²) in [6, 6.07) is 13.9. The average Bonchev–Trinajstić information content (AvgIpc) is 3.48. The van der Waals surface area contributed by atoms with Crippen LogP contribution in [0.25, 0.3) is 16.6 Å². The lowest BCUT2D eigenvalue weighted by atomic mass is 9.91. The molecular weight excluding hydrogens is 504 g/mol. The number of aromatic nitrogens is 5. The summed E-state index contributed by atoms with van der Waals surface area (Å²) >= 11 is 0. The Morgan fingerprint density at radius 2 is 1.98 bits per heavy atom. The van der Waals surface area contributed by atoms with Crippen LogP contribution in [0.2, 0.25) is 0 Å². The number of fused-ring (bicyclic) bond motifs is 2. The van der Waals surface area contributed by atoms with Crippen LogP contribution in [0.1, 0.15) is 17.0 Å². The fourth-order valence-corrected chi connectivity index (χ4v) is 5.20. The molecule has 1 aliphatic rings. The Morgan fingerprint density at radius 1 is 1.15 bits per heavy atom. The number of likely N-dealkylation sites (tertiary alicyclic amines) is 1. The summed E-state index contributed by atoms with van der Waals surface area (Å²) in [4.78, 5) is 25.5. The van der Waals surface area contributed by atoms with Crippen LogP contribution in [0.3, 0.4) is 0 Å². The lowest BCUT2D eigenvalue weighted by Gasteiger charge is -2.40. The molecule has 10 nitrogen and oxygen atoms in total. The number of nitrogens with one attached hydrogen (secondary N) is 1. The van der Waals surface area contributed by atoms with Gasteiger partial charge >= 0.3 is 0 Å². The van der Waals surface area contributed by atoms with E-state index in [1.54, 1.807) is 12.7 Å². The number of nitrogens with zero attached hydrogens (tertiary/aromatic N) is 7. The molecule has 0 atom stereocenters. The van der Waals surface area contributed by atoms with Crippen LogP contribution >= 0.6 is 0 Å². The summed E-state index contributed by atoms with van der Waals surface area (Å²) in [6.07, 6.45) is 5.28. The number of amides is 1. The van der Waals surface area contributed by atoms with E-state index in [1.807, 2.05) is 89.5 Å². The Kier molecular flexibility index (Phi) is 6.47. The minimum absolute atomic E-state index is 0.0146. The molecule has 4 heterocycles. The predicted octanol–water partition coefficient (Wildman–Crippen LogP) is 4.50. The first-order valence-electron chi connectivity index (χ1n) is 13.2. The van der Waals surface area contributed by atoms with Crippen LogP contribution in [0.4, 0.5) is 11.5 Å². The molecule has 40 heavy (non-hydrogen) atoms. The highest BCUT2D eigenvalue weighted by molar-refractivity contribution is 5.94. The van der Waals surface area contributed by atoms with Gasteiger partial charge in [-0.1, -0.05) is 6.58 Å². The average molecular weight is 537 g/mol. The predicted molar refractivity (Wildman–Crippen MR) is 155 cm³/mol. The van der Waals surface area contributed by atoms with E-state index >= 15 is 0 Å². The molecule has 1 aliphatic heterocycles. The first-order valence-corrected chi connectivity index (χ1v) is 13.2. The normalized spacial score (nSPS) is 13.7. The lowest BCUT2D eigenvalue weighted by molar-refractivity contribution is -0.131. The van der Waals surface area contributed by atoms with Crippen molar-refractivity contribution >= 4 is 34.0 Å². The molecule has 2 aromatic carbocycles. The van der Waals surface area contributed by atoms with Crippen molar-refractivity contribution < 1.29 is 9.53 Å². The second-order valence-corrected chi connectivity index (χ2v) is 10.6. The van der Waals surface area contributed by atoms with E-state index < -0.39 is 0 Å². The van der Waals surface area contributed by atoms with E-state index in [4.69, 9.17) is 4.74 Å². The van der Waals surface area contributed by atoms with Gasteiger partial charge in [0.05, 0.1) is 17.4 Å². The third-order valence-electron chi connectivity index (χ3n) is 7.27. The summed E-state index contributed by atoms with van der Waals surface area (Å²) in [7, 11) is 5.84. The largest absolute Gasteiger partial charge is 0.457 e. The van der Waals surface area contributed by atoms with Gasteiger partial charge in [-0.2, -0.15) is 5.10 Å². The first-order chi connectivity index (χ1) is 19.3. The van der Waals surface area contributed by atoms with Crippen molar-refractivity contribution in [1.29, 1.82) is 0 Å². The van der Waals surface area contributed by atoms with E-state index in [0.717, 1.165) is 44.9 Å². The smallest absolute Gasteiger partial charge is 0.250 e. The van der Waals surface area contributed by atoms with Gasteiger partial charge in [0, 0.05) is 56.1 Å². The molecule has 0 spiro atoms. The fraction of sp³-hybridized carbons (Fsp3) is 0.267. The minimum Gasteiger partial charge on any atom is -0.457 e. The molecule has 0 saturated carbocycles. The van der Waals surface area contributed by atoms with Gasteiger partial charge < -0.3 is 24.4 Å². The van der Waals surface area contributed by atoms with E-state index in [1.165, 1.54) is 0 Å². The van der Waals surface area contributed by atoms with Crippen LogP contribution < -0.4 is 10.1 Å². The van der Waals surface area contributed by atoms with Crippen molar-refractivity contribution in [2.75, 3.05) is 39.0 Å². The SMILES string of the molecule is C=C(CN(C)C)C(=O)N1CC(c2ccn3ncnc(Nc4ccc(Oc5ccc6c(c5)ncn6C)c(C)c4)c23)C1. The number of carbonyl (C=O) groups excluding carboxylic acids is 1. The highest BCUT2D eigenvalue weighted by Gasteiger charge is 2.34. The van der Waals surface area contributed by atoms with Gasteiger partial charge in [0.15, 0.2) is 5.82 Å². The number of ether oxygens (including phenoxy) is 1. The molecule has 10 heteroatoms. The zero-order valence-corrected chi connectivity index (χ0v) is 23.1. The van der Waals surface area contributed by atoms with Crippen molar-refractivity contribution in [2.45, 2.75) is 12.8 Å². The molecule has 0 bridgehead atoms. The second-order valence-electron chi connectivity index (χ2n) is 10.6. The van der Waals surface area contributed by atoms with Crippen molar-refractivity contribution in [2.24, 2.45) is 7.05 Å². The number of hydrogen-bond acceptors (Lipinski definition) is 7. The van der Waals surface area contributed by atoms with Gasteiger partial charge in [-0.3, -0.25) is 4.79 Å². The Hall–Kier alpha value is -4.70. The standard InChI is InChI=1S/C30H32N8O2/c1-19-12-22(6-9-27(19)40-23-7-8-26-25(13-23)32-18-36(26)5)34-29-28-24(10-11-38(28)33-17-31-29)21-15-37(16-21)30(39)20(2)14-35(3)4/h6-13,17-18,21H,2,14-16H2,1,3-5H3,(H,31,33,34). The number of carbonyl (C=O) groups is 1. The number of hydrogen-bond donors (Lipinski definition) is 1. The third-order valence-corrected chi connectivity index (χ3v) is 7.27. The van der Waals surface area contributed by atoms with Crippen molar-refractivity contribution in [3.8, 4) is 11.5 Å². The quantitative estimate of drug-likeness (QED) is 0.292. The van der Waals surface area contributed by atoms with E-state index in [0.29, 0.717) is 31.0 Å². The number of anilines is 2. The summed E-state index contributed by atoms with van der Waals surface area (Å²) < 4.78 is 9.99. The molecular formula is C30H32N8O2. The zero-order valence-electron chi connectivity index (χ0n) is 23.1. The molecule has 204 valence electrons. The third kappa shape index (κ3) is 4.77. The fourth-order valence-electron chi connectivity index (χ4n) is 5.20. The Bertz CT molecular complexity index is 1750. The molecule has 0 radical (unpaired) electrons.